The molecule has 1 aromatic heterocycles. The predicted molar refractivity (Wildman–Crippen MR) is 112 cm³/mol. The topological polar surface area (TPSA) is 47.4 Å². The first kappa shape index (κ1) is 19.5. The predicted octanol–water partition coefficient (Wildman–Crippen LogP) is 4.08. The molecule has 0 spiro atoms. The van der Waals surface area contributed by atoms with Gasteiger partial charge in [0.25, 0.3) is 0 Å². The van der Waals surface area contributed by atoms with E-state index in [4.69, 9.17) is 4.74 Å². The summed E-state index contributed by atoms with van der Waals surface area (Å²) in [5.74, 6) is 1.41. The molecule has 2 saturated heterocycles. The number of ether oxygens (including phenoxy) is 1. The maximum absolute atomic E-state index is 12.7. The standard InChI is InChI=1S/C22H29N3O2S/c1-17-9-11-24(12-10-17)21(26)16-28-22-23-14-20(18-6-3-2-4-7-18)25(22)15-19-8-5-13-27-19/h2-4,6-7,14,17,19H,5,8-13,15-16H2,1H3. The lowest BCUT2D eigenvalue weighted by atomic mass is 9.99. The van der Waals surface area contributed by atoms with Gasteiger partial charge in [-0.15, -0.1) is 0 Å². The van der Waals surface area contributed by atoms with Gasteiger partial charge in [-0.1, -0.05) is 49.0 Å². The fraction of sp³-hybridized carbons (Fsp3) is 0.545. The van der Waals surface area contributed by atoms with Gasteiger partial charge in [-0.2, -0.15) is 0 Å². The van der Waals surface area contributed by atoms with E-state index in [2.05, 4.69) is 28.6 Å². The average Bonchev–Trinajstić information content (AvgIpc) is 3.38. The number of piperidine rings is 1. The highest BCUT2D eigenvalue weighted by Gasteiger charge is 2.23. The zero-order valence-corrected chi connectivity index (χ0v) is 17.4. The third kappa shape index (κ3) is 4.61. The van der Waals surface area contributed by atoms with E-state index in [0.29, 0.717) is 5.75 Å². The van der Waals surface area contributed by atoms with Gasteiger partial charge in [-0.3, -0.25) is 4.79 Å². The number of carbonyl (C=O) groups is 1. The minimum absolute atomic E-state index is 0.227. The van der Waals surface area contributed by atoms with Gasteiger partial charge >= 0.3 is 0 Å². The zero-order valence-electron chi connectivity index (χ0n) is 16.5. The Morgan fingerprint density at radius 1 is 1.21 bits per heavy atom. The number of carbonyl (C=O) groups excluding carboxylic acids is 1. The third-order valence-electron chi connectivity index (χ3n) is 5.76. The molecule has 4 rings (SSSR count). The minimum Gasteiger partial charge on any atom is -0.376 e. The van der Waals surface area contributed by atoms with Crippen LogP contribution in [0.15, 0.2) is 41.7 Å². The molecule has 2 aliphatic heterocycles. The molecule has 150 valence electrons. The van der Waals surface area contributed by atoms with Gasteiger partial charge < -0.3 is 14.2 Å². The Morgan fingerprint density at radius 2 is 2.00 bits per heavy atom. The molecule has 0 N–H and O–H groups in total. The van der Waals surface area contributed by atoms with Crippen molar-refractivity contribution in [3.05, 3.63) is 36.5 Å². The zero-order chi connectivity index (χ0) is 19.3. The van der Waals surface area contributed by atoms with E-state index in [0.717, 1.165) is 74.3 Å². The van der Waals surface area contributed by atoms with Crippen molar-refractivity contribution in [3.8, 4) is 11.3 Å². The number of hydrogen-bond donors (Lipinski definition) is 0. The normalized spacial score (nSPS) is 20.6. The molecule has 0 aliphatic carbocycles. The van der Waals surface area contributed by atoms with Gasteiger partial charge in [-0.05, 0) is 37.2 Å². The van der Waals surface area contributed by atoms with Crippen LogP contribution < -0.4 is 0 Å². The lowest BCUT2D eigenvalue weighted by Gasteiger charge is -2.30. The molecule has 5 nitrogen and oxygen atoms in total. The summed E-state index contributed by atoms with van der Waals surface area (Å²) < 4.78 is 8.11. The molecule has 2 fully saturated rings. The quantitative estimate of drug-likeness (QED) is 0.687. The van der Waals surface area contributed by atoms with Crippen LogP contribution in [0.1, 0.15) is 32.6 Å². The molecule has 1 amide bonds. The Morgan fingerprint density at radius 3 is 2.71 bits per heavy atom. The molecule has 28 heavy (non-hydrogen) atoms. The van der Waals surface area contributed by atoms with Gasteiger partial charge in [0.15, 0.2) is 5.16 Å². The van der Waals surface area contributed by atoms with E-state index in [-0.39, 0.29) is 12.0 Å². The van der Waals surface area contributed by atoms with Gasteiger partial charge in [0, 0.05) is 19.7 Å². The van der Waals surface area contributed by atoms with Crippen molar-refractivity contribution in [1.29, 1.82) is 0 Å². The fourth-order valence-electron chi connectivity index (χ4n) is 3.96. The molecular formula is C22H29N3O2S. The highest BCUT2D eigenvalue weighted by molar-refractivity contribution is 7.99. The van der Waals surface area contributed by atoms with Crippen LogP contribution in [0.4, 0.5) is 0 Å². The number of rotatable bonds is 6. The maximum atomic E-state index is 12.7. The Bertz CT molecular complexity index is 778. The van der Waals surface area contributed by atoms with Crippen LogP contribution in [0, 0.1) is 5.92 Å². The van der Waals surface area contributed by atoms with E-state index in [1.165, 1.54) is 0 Å². The first-order chi connectivity index (χ1) is 13.7. The minimum atomic E-state index is 0.227. The maximum Gasteiger partial charge on any atom is 0.233 e. The number of imidazole rings is 1. The van der Waals surface area contributed by atoms with Crippen molar-refractivity contribution in [3.63, 3.8) is 0 Å². The molecule has 0 radical (unpaired) electrons. The lowest BCUT2D eigenvalue weighted by Crippen LogP contribution is -2.38. The van der Waals surface area contributed by atoms with Crippen LogP contribution in [0.5, 0.6) is 0 Å². The summed E-state index contributed by atoms with van der Waals surface area (Å²) in [5, 5.41) is 0.910. The Balaban J connectivity index is 1.48. The number of amides is 1. The van der Waals surface area contributed by atoms with Gasteiger partial charge in [0.1, 0.15) is 0 Å². The number of hydrogen-bond acceptors (Lipinski definition) is 4. The summed E-state index contributed by atoms with van der Waals surface area (Å²) in [6, 6.07) is 10.3. The van der Waals surface area contributed by atoms with Gasteiger partial charge in [-0.25, -0.2) is 4.98 Å². The van der Waals surface area contributed by atoms with E-state index in [1.54, 1.807) is 11.8 Å². The molecule has 1 aromatic carbocycles. The summed E-state index contributed by atoms with van der Waals surface area (Å²) in [4.78, 5) is 19.3. The molecule has 1 unspecified atom stereocenters. The highest BCUT2D eigenvalue weighted by atomic mass is 32.2. The van der Waals surface area contributed by atoms with E-state index in [9.17, 15) is 4.79 Å². The summed E-state index contributed by atoms with van der Waals surface area (Å²) in [5.41, 5.74) is 2.24. The van der Waals surface area contributed by atoms with Crippen LogP contribution in [-0.2, 0) is 16.1 Å². The Labute approximate surface area is 171 Å². The Hall–Kier alpha value is -1.79. The smallest absolute Gasteiger partial charge is 0.233 e. The second-order valence-electron chi connectivity index (χ2n) is 7.89. The summed E-state index contributed by atoms with van der Waals surface area (Å²) >= 11 is 1.55. The second kappa shape index (κ2) is 9.14. The number of thioether (sulfide) groups is 1. The largest absolute Gasteiger partial charge is 0.376 e. The van der Waals surface area contributed by atoms with Crippen molar-refractivity contribution in [2.24, 2.45) is 5.92 Å². The van der Waals surface area contributed by atoms with Crippen molar-refractivity contribution < 1.29 is 9.53 Å². The second-order valence-corrected chi connectivity index (χ2v) is 8.83. The summed E-state index contributed by atoms with van der Waals surface area (Å²) in [6.45, 7) is 5.68. The fourth-order valence-corrected chi connectivity index (χ4v) is 4.85. The van der Waals surface area contributed by atoms with Crippen LogP contribution in [0.2, 0.25) is 0 Å². The van der Waals surface area contributed by atoms with E-state index >= 15 is 0 Å². The molecule has 2 aromatic rings. The average molecular weight is 400 g/mol. The monoisotopic (exact) mass is 399 g/mol. The molecule has 6 heteroatoms. The van der Waals surface area contributed by atoms with Crippen LogP contribution >= 0.6 is 11.8 Å². The Kier molecular flexibility index (Phi) is 6.37. The molecule has 2 aliphatic rings. The van der Waals surface area contributed by atoms with Crippen LogP contribution in [0.3, 0.4) is 0 Å². The molecule has 3 heterocycles. The highest BCUT2D eigenvalue weighted by Crippen LogP contribution is 2.28. The van der Waals surface area contributed by atoms with Gasteiger partial charge in [0.2, 0.25) is 5.91 Å². The first-order valence-corrected chi connectivity index (χ1v) is 11.3. The van der Waals surface area contributed by atoms with Crippen LogP contribution in [0.25, 0.3) is 11.3 Å². The van der Waals surface area contributed by atoms with E-state index in [1.807, 2.05) is 29.3 Å². The van der Waals surface area contributed by atoms with E-state index < -0.39 is 0 Å². The summed E-state index contributed by atoms with van der Waals surface area (Å²) in [6.07, 6.45) is 6.59. The first-order valence-electron chi connectivity index (χ1n) is 10.3. The molecule has 1 atom stereocenters. The molecule has 0 saturated carbocycles. The lowest BCUT2D eigenvalue weighted by molar-refractivity contribution is -0.129. The van der Waals surface area contributed by atoms with Crippen molar-refractivity contribution in [2.45, 2.75) is 50.4 Å². The number of aromatic nitrogens is 2. The van der Waals surface area contributed by atoms with Crippen molar-refractivity contribution >= 4 is 17.7 Å². The number of likely N-dealkylation sites (tertiary alicyclic amines) is 1. The van der Waals surface area contributed by atoms with Crippen molar-refractivity contribution in [1.82, 2.24) is 14.5 Å². The van der Waals surface area contributed by atoms with Crippen molar-refractivity contribution in [2.75, 3.05) is 25.4 Å². The number of nitrogens with zero attached hydrogens (tertiary/aromatic N) is 3. The SMILES string of the molecule is CC1CCN(C(=O)CSc2ncc(-c3ccccc3)n2CC2CCCO2)CC1. The number of benzene rings is 1. The molecular weight excluding hydrogens is 370 g/mol. The van der Waals surface area contributed by atoms with Gasteiger partial charge in [0.05, 0.1) is 30.3 Å². The third-order valence-corrected chi connectivity index (χ3v) is 6.74. The molecule has 0 bridgehead atoms. The summed E-state index contributed by atoms with van der Waals surface area (Å²) in [7, 11) is 0. The van der Waals surface area contributed by atoms with Crippen LogP contribution in [-0.4, -0.2) is 51.9 Å².